The highest BCUT2D eigenvalue weighted by Gasteiger charge is 2.04. The highest BCUT2D eigenvalue weighted by Crippen LogP contribution is 2.27. The summed E-state index contributed by atoms with van der Waals surface area (Å²) in [5.74, 6) is 3.55. The molecule has 0 heterocycles. The van der Waals surface area contributed by atoms with Crippen LogP contribution < -0.4 is 20.1 Å². The van der Waals surface area contributed by atoms with Crippen molar-refractivity contribution in [3.05, 3.63) is 59.7 Å². The molecule has 0 aliphatic rings. The number of hydrogen-bond donors (Lipinski definition) is 2. The van der Waals surface area contributed by atoms with Gasteiger partial charge < -0.3 is 20.1 Å². The maximum Gasteiger partial charge on any atom is 0.166 e. The molecule has 0 radical (unpaired) electrons. The number of thioether (sulfide) groups is 1. The van der Waals surface area contributed by atoms with Gasteiger partial charge in [-0.3, -0.25) is 0 Å². The highest BCUT2D eigenvalue weighted by atomic mass is 32.2. The Bertz CT molecular complexity index is 681. The first-order valence-corrected chi connectivity index (χ1v) is 10.1. The Hall–Kier alpha value is -1.92. The summed E-state index contributed by atoms with van der Waals surface area (Å²) in [5, 5.41) is 7.20. The largest absolute Gasteiger partial charge is 0.493 e. The second-order valence-electron chi connectivity index (χ2n) is 5.66. The summed E-state index contributed by atoms with van der Waals surface area (Å²) >= 11 is 7.23. The average molecular weight is 391 g/mol. The first-order chi connectivity index (χ1) is 12.7. The van der Waals surface area contributed by atoms with Crippen LogP contribution in [0.2, 0.25) is 0 Å². The lowest BCUT2D eigenvalue weighted by molar-refractivity contribution is 0.354. The van der Waals surface area contributed by atoms with E-state index in [4.69, 9.17) is 21.7 Å². The molecule has 0 saturated carbocycles. The number of hydrogen-bond acceptors (Lipinski definition) is 4. The number of methoxy groups -OCH3 is 2. The fraction of sp³-hybridized carbons (Fsp3) is 0.350. The predicted octanol–water partition coefficient (Wildman–Crippen LogP) is 3.64. The summed E-state index contributed by atoms with van der Waals surface area (Å²) in [6.07, 6.45) is 0.866. The molecule has 2 N–H and O–H groups in total. The van der Waals surface area contributed by atoms with E-state index in [0.717, 1.165) is 42.5 Å². The molecule has 0 amide bonds. The van der Waals surface area contributed by atoms with E-state index in [9.17, 15) is 0 Å². The molecule has 0 aromatic heterocycles. The SMILES string of the molecule is COc1ccc(CCNC(=S)NCCSCc2ccccc2)cc1OC. The molecule has 0 aliphatic heterocycles. The summed E-state index contributed by atoms with van der Waals surface area (Å²) < 4.78 is 10.6. The highest BCUT2D eigenvalue weighted by molar-refractivity contribution is 7.98. The zero-order valence-corrected chi connectivity index (χ0v) is 16.9. The second-order valence-corrected chi connectivity index (χ2v) is 7.17. The van der Waals surface area contributed by atoms with Gasteiger partial charge in [0.05, 0.1) is 14.2 Å². The van der Waals surface area contributed by atoms with E-state index in [0.29, 0.717) is 5.11 Å². The smallest absolute Gasteiger partial charge is 0.166 e. The summed E-state index contributed by atoms with van der Waals surface area (Å²) in [7, 11) is 3.29. The molecule has 26 heavy (non-hydrogen) atoms. The molecule has 2 aromatic rings. The lowest BCUT2D eigenvalue weighted by Gasteiger charge is -2.12. The van der Waals surface area contributed by atoms with Gasteiger partial charge in [0.25, 0.3) is 0 Å². The lowest BCUT2D eigenvalue weighted by atomic mass is 10.1. The standard InChI is InChI=1S/C20H26N2O2S2/c1-23-18-9-8-16(14-19(18)24-2)10-11-21-20(25)22-12-13-26-15-17-6-4-3-5-7-17/h3-9,14H,10-13,15H2,1-2H3,(H2,21,22,25). The van der Waals surface area contributed by atoms with Crippen LogP contribution in [-0.2, 0) is 12.2 Å². The Morgan fingerprint density at radius 3 is 2.38 bits per heavy atom. The van der Waals surface area contributed by atoms with Crippen molar-refractivity contribution in [1.82, 2.24) is 10.6 Å². The first-order valence-electron chi connectivity index (χ1n) is 8.57. The molecule has 0 spiro atoms. The van der Waals surface area contributed by atoms with Crippen LogP contribution in [0.1, 0.15) is 11.1 Å². The van der Waals surface area contributed by atoms with E-state index in [1.807, 2.05) is 36.0 Å². The van der Waals surface area contributed by atoms with Crippen molar-refractivity contribution in [3.63, 3.8) is 0 Å². The van der Waals surface area contributed by atoms with E-state index < -0.39 is 0 Å². The fourth-order valence-corrected chi connectivity index (χ4v) is 3.44. The Balaban J connectivity index is 1.59. The predicted molar refractivity (Wildman–Crippen MR) is 114 cm³/mol. The number of benzene rings is 2. The molecule has 140 valence electrons. The molecule has 0 unspecified atom stereocenters. The van der Waals surface area contributed by atoms with Crippen LogP contribution in [0.4, 0.5) is 0 Å². The molecule has 0 fully saturated rings. The van der Waals surface area contributed by atoms with Crippen molar-refractivity contribution in [2.45, 2.75) is 12.2 Å². The van der Waals surface area contributed by atoms with Crippen molar-refractivity contribution < 1.29 is 9.47 Å². The summed E-state index contributed by atoms with van der Waals surface area (Å²) in [6.45, 7) is 1.64. The molecule has 6 heteroatoms. The van der Waals surface area contributed by atoms with Gasteiger partial charge in [0.15, 0.2) is 16.6 Å². The summed E-state index contributed by atoms with van der Waals surface area (Å²) in [5.41, 5.74) is 2.53. The molecule has 2 rings (SSSR count). The number of rotatable bonds is 10. The van der Waals surface area contributed by atoms with E-state index >= 15 is 0 Å². The number of thiocarbonyl (C=S) groups is 1. The van der Waals surface area contributed by atoms with Crippen LogP contribution in [0.5, 0.6) is 11.5 Å². The van der Waals surface area contributed by atoms with Crippen LogP contribution in [0.3, 0.4) is 0 Å². The van der Waals surface area contributed by atoms with Gasteiger partial charge in [-0.05, 0) is 41.9 Å². The van der Waals surface area contributed by atoms with Gasteiger partial charge in [0.2, 0.25) is 0 Å². The maximum atomic E-state index is 5.33. The molecule has 4 nitrogen and oxygen atoms in total. The van der Waals surface area contributed by atoms with Crippen LogP contribution in [-0.4, -0.2) is 38.2 Å². The van der Waals surface area contributed by atoms with E-state index in [-0.39, 0.29) is 0 Å². The van der Waals surface area contributed by atoms with Crippen LogP contribution in [0.15, 0.2) is 48.5 Å². The van der Waals surface area contributed by atoms with E-state index in [1.54, 1.807) is 14.2 Å². The maximum absolute atomic E-state index is 5.33. The Morgan fingerprint density at radius 2 is 1.65 bits per heavy atom. The second kappa shape index (κ2) is 11.6. The van der Waals surface area contributed by atoms with E-state index in [2.05, 4.69) is 34.9 Å². The summed E-state index contributed by atoms with van der Waals surface area (Å²) in [6, 6.07) is 16.5. The third-order valence-corrected chi connectivity index (χ3v) is 5.11. The van der Waals surface area contributed by atoms with Crippen LogP contribution in [0, 0.1) is 0 Å². The van der Waals surface area contributed by atoms with Gasteiger partial charge in [-0.1, -0.05) is 36.4 Å². The quantitative estimate of drug-likeness (QED) is 0.477. The zero-order chi connectivity index (χ0) is 18.6. The molecule has 2 aromatic carbocycles. The van der Waals surface area contributed by atoms with Crippen LogP contribution in [0.25, 0.3) is 0 Å². The third kappa shape index (κ3) is 7.14. The Labute approximate surface area is 165 Å². The van der Waals surface area contributed by atoms with Gasteiger partial charge in [-0.15, -0.1) is 0 Å². The zero-order valence-electron chi connectivity index (χ0n) is 15.3. The van der Waals surface area contributed by atoms with Gasteiger partial charge in [-0.2, -0.15) is 11.8 Å². The minimum Gasteiger partial charge on any atom is -0.493 e. The molecule has 0 aliphatic carbocycles. The normalized spacial score (nSPS) is 10.2. The van der Waals surface area contributed by atoms with E-state index in [1.165, 1.54) is 11.1 Å². The van der Waals surface area contributed by atoms with Gasteiger partial charge in [0, 0.05) is 24.6 Å². The molecule has 0 bridgehead atoms. The van der Waals surface area contributed by atoms with Crippen molar-refractivity contribution in [1.29, 1.82) is 0 Å². The first kappa shape index (κ1) is 20.4. The summed E-state index contributed by atoms with van der Waals surface area (Å²) in [4.78, 5) is 0. The molecule has 0 atom stereocenters. The Morgan fingerprint density at radius 1 is 0.923 bits per heavy atom. The average Bonchev–Trinajstić information content (AvgIpc) is 2.68. The monoisotopic (exact) mass is 390 g/mol. The van der Waals surface area contributed by atoms with Gasteiger partial charge >= 0.3 is 0 Å². The molecular formula is C20H26N2O2S2. The third-order valence-electron chi connectivity index (χ3n) is 3.79. The van der Waals surface area contributed by atoms with Gasteiger partial charge in [-0.25, -0.2) is 0 Å². The van der Waals surface area contributed by atoms with Gasteiger partial charge in [0.1, 0.15) is 0 Å². The fourth-order valence-electron chi connectivity index (χ4n) is 2.42. The number of nitrogens with one attached hydrogen (secondary N) is 2. The molecular weight excluding hydrogens is 364 g/mol. The van der Waals surface area contributed by atoms with Crippen molar-refractivity contribution in [3.8, 4) is 11.5 Å². The minimum absolute atomic E-state index is 0.700. The van der Waals surface area contributed by atoms with Crippen molar-refractivity contribution in [2.24, 2.45) is 0 Å². The minimum atomic E-state index is 0.700. The molecule has 0 saturated heterocycles. The Kier molecular flexibility index (Phi) is 9.14. The topological polar surface area (TPSA) is 42.5 Å². The van der Waals surface area contributed by atoms with Crippen LogP contribution >= 0.6 is 24.0 Å². The van der Waals surface area contributed by atoms with Crippen molar-refractivity contribution >= 4 is 29.1 Å². The lowest BCUT2D eigenvalue weighted by Crippen LogP contribution is -2.37. The van der Waals surface area contributed by atoms with Crippen molar-refractivity contribution in [2.75, 3.05) is 33.1 Å². The number of ether oxygens (including phenoxy) is 2.